The quantitative estimate of drug-likeness (QED) is 0.469. The Morgan fingerprint density at radius 2 is 1.76 bits per heavy atom. The Morgan fingerprint density at radius 1 is 1.02 bits per heavy atom. The second kappa shape index (κ2) is 10.8. The van der Waals surface area contributed by atoms with Gasteiger partial charge in [-0.2, -0.15) is 0 Å². The smallest absolute Gasteiger partial charge is 0.248 e. The van der Waals surface area contributed by atoms with E-state index in [4.69, 9.17) is 0 Å². The summed E-state index contributed by atoms with van der Waals surface area (Å²) >= 11 is 1.57. The third-order valence-corrected chi connectivity index (χ3v) is 11.0. The lowest BCUT2D eigenvalue weighted by atomic mass is 9.74. The molecule has 224 valence electrons. The van der Waals surface area contributed by atoms with Crippen molar-refractivity contribution in [3.63, 3.8) is 0 Å². The number of carbonyl (C=O) groups excluding carboxylic acids is 3. The lowest BCUT2D eigenvalue weighted by molar-refractivity contribution is -0.148. The maximum Gasteiger partial charge on any atom is 0.248 e. The molecule has 2 fully saturated rings. The minimum Gasteiger partial charge on any atom is -0.394 e. The van der Waals surface area contributed by atoms with Crippen LogP contribution in [0.1, 0.15) is 40.5 Å². The van der Waals surface area contributed by atoms with Crippen molar-refractivity contribution < 1.29 is 19.5 Å². The fourth-order valence-electron chi connectivity index (χ4n) is 7.55. The van der Waals surface area contributed by atoms with Crippen molar-refractivity contribution in [2.45, 2.75) is 68.8 Å². The number of benzene rings is 1. The number of aliphatic hydroxyl groups is 1. The summed E-state index contributed by atoms with van der Waals surface area (Å²) in [5.41, 5.74) is 1.55. The van der Waals surface area contributed by atoms with Gasteiger partial charge in [0.2, 0.25) is 17.7 Å². The minimum atomic E-state index is -0.952. The highest BCUT2D eigenvalue weighted by molar-refractivity contribution is 8.02. The van der Waals surface area contributed by atoms with Gasteiger partial charge in [0.05, 0.1) is 34.7 Å². The first kappa shape index (κ1) is 28.9. The Labute approximate surface area is 250 Å². The standard InChI is InChI=1S/C31H40N6O4S/c1-5-14-34-15-8-12-30(4)24(27(34)39)25-28(40)37(21(18-38)17-20(2)3)26-29(41)35(16-9-13-31(25,26)42-30)19-36-23-11-7-6-10-22(23)32-33-36/h6-13,20-21,24-26,38H,5,14-19H2,1-4H3/t21-,24+,25+,26?,30-,31+/m1/s1. The van der Waals surface area contributed by atoms with Crippen LogP contribution in [0.5, 0.6) is 0 Å². The number of rotatable bonds is 8. The van der Waals surface area contributed by atoms with Crippen LogP contribution >= 0.6 is 11.8 Å². The second-order valence-corrected chi connectivity index (χ2v) is 14.4. The van der Waals surface area contributed by atoms with E-state index < -0.39 is 33.4 Å². The van der Waals surface area contributed by atoms with E-state index in [0.717, 1.165) is 17.5 Å². The van der Waals surface area contributed by atoms with E-state index >= 15 is 0 Å². The van der Waals surface area contributed by atoms with Gasteiger partial charge >= 0.3 is 0 Å². The maximum absolute atomic E-state index is 14.7. The largest absolute Gasteiger partial charge is 0.394 e. The number of aliphatic hydroxyl groups excluding tert-OH is 1. The molecule has 0 radical (unpaired) electrons. The van der Waals surface area contributed by atoms with Gasteiger partial charge in [-0.15, -0.1) is 16.9 Å². The molecule has 0 saturated carbocycles. The number of aromatic nitrogens is 3. The van der Waals surface area contributed by atoms with Gasteiger partial charge in [0.15, 0.2) is 0 Å². The summed E-state index contributed by atoms with van der Waals surface area (Å²) in [6.45, 7) is 9.55. The second-order valence-electron chi connectivity index (χ2n) is 12.6. The third-order valence-electron chi connectivity index (χ3n) is 9.23. The number of thioether (sulfide) groups is 1. The van der Waals surface area contributed by atoms with E-state index in [-0.39, 0.29) is 36.9 Å². The zero-order valence-electron chi connectivity index (χ0n) is 24.7. The highest BCUT2D eigenvalue weighted by atomic mass is 32.2. The average molecular weight is 593 g/mol. The van der Waals surface area contributed by atoms with Crippen LogP contribution in [0.4, 0.5) is 0 Å². The SMILES string of the molecule is CCCN1CC=C[C@@]2(C)S[C@]34C=CCN(Cn5nnc6ccccc65)C(=O)C3N([C@@H](CO)CC(C)C)C(=O)[C@@H]4[C@H]2C1=O. The predicted molar refractivity (Wildman–Crippen MR) is 161 cm³/mol. The summed E-state index contributed by atoms with van der Waals surface area (Å²) < 4.78 is 0.0997. The number of likely N-dealkylation sites (tertiary alicyclic amines) is 1. The van der Waals surface area contributed by atoms with Gasteiger partial charge in [-0.1, -0.05) is 62.4 Å². The van der Waals surface area contributed by atoms with Crippen molar-refractivity contribution in [3.8, 4) is 0 Å². The first-order valence-corrected chi connectivity index (χ1v) is 15.8. The first-order chi connectivity index (χ1) is 20.1. The van der Waals surface area contributed by atoms with E-state index in [0.29, 0.717) is 26.1 Å². The predicted octanol–water partition coefficient (Wildman–Crippen LogP) is 2.69. The molecule has 2 aromatic rings. The molecule has 2 saturated heterocycles. The first-order valence-electron chi connectivity index (χ1n) is 15.0. The zero-order chi connectivity index (χ0) is 29.8. The van der Waals surface area contributed by atoms with Crippen LogP contribution in [0, 0.1) is 17.8 Å². The highest BCUT2D eigenvalue weighted by Gasteiger charge is 2.74. The van der Waals surface area contributed by atoms with Crippen LogP contribution in [0.15, 0.2) is 48.6 Å². The topological polar surface area (TPSA) is 112 Å². The molecule has 10 nitrogen and oxygen atoms in total. The fraction of sp³-hybridized carbons (Fsp3) is 0.581. The number of hydrogen-bond acceptors (Lipinski definition) is 7. The molecule has 4 aliphatic heterocycles. The molecule has 1 aromatic heterocycles. The van der Waals surface area contributed by atoms with Crippen molar-refractivity contribution in [2.75, 3.05) is 26.2 Å². The number of amides is 3. The van der Waals surface area contributed by atoms with Crippen LogP contribution in [0.3, 0.4) is 0 Å². The molecular weight excluding hydrogens is 552 g/mol. The van der Waals surface area contributed by atoms with Gasteiger partial charge in [0.25, 0.3) is 0 Å². The maximum atomic E-state index is 14.7. The lowest BCUT2D eigenvalue weighted by Crippen LogP contribution is -2.57. The van der Waals surface area contributed by atoms with E-state index in [1.54, 1.807) is 26.2 Å². The third kappa shape index (κ3) is 4.38. The van der Waals surface area contributed by atoms with Crippen LogP contribution in [0.2, 0.25) is 0 Å². The molecular formula is C31H40N6O4S. The number of nitrogens with zero attached hydrogens (tertiary/aromatic N) is 6. The Bertz CT molecular complexity index is 1460. The summed E-state index contributed by atoms with van der Waals surface area (Å²) in [7, 11) is 0. The highest BCUT2D eigenvalue weighted by Crippen LogP contribution is 2.66. The average Bonchev–Trinajstić information content (AvgIpc) is 3.49. The van der Waals surface area contributed by atoms with Crippen molar-refractivity contribution in [2.24, 2.45) is 17.8 Å². The molecule has 1 spiro atoms. The Morgan fingerprint density at radius 3 is 2.50 bits per heavy atom. The number of carbonyl (C=O) groups is 3. The van der Waals surface area contributed by atoms with Crippen LogP contribution in [-0.2, 0) is 21.1 Å². The van der Waals surface area contributed by atoms with E-state index in [2.05, 4.69) is 16.4 Å². The molecule has 6 rings (SSSR count). The van der Waals surface area contributed by atoms with Crippen molar-refractivity contribution in [1.29, 1.82) is 0 Å². The van der Waals surface area contributed by atoms with Crippen LogP contribution < -0.4 is 0 Å². The van der Waals surface area contributed by atoms with Crippen molar-refractivity contribution in [3.05, 3.63) is 48.6 Å². The van der Waals surface area contributed by atoms with E-state index in [1.165, 1.54) is 0 Å². The van der Waals surface area contributed by atoms with Gasteiger partial charge in [0.1, 0.15) is 18.2 Å². The van der Waals surface area contributed by atoms with Gasteiger partial charge in [-0.05, 0) is 37.8 Å². The van der Waals surface area contributed by atoms with Gasteiger partial charge in [0, 0.05) is 24.4 Å². The molecule has 1 unspecified atom stereocenters. The normalized spacial score (nSPS) is 31.5. The van der Waals surface area contributed by atoms with E-state index in [9.17, 15) is 19.5 Å². The van der Waals surface area contributed by atoms with Crippen LogP contribution in [0.25, 0.3) is 11.0 Å². The van der Waals surface area contributed by atoms with E-state index in [1.807, 2.05) is 75.1 Å². The fourth-order valence-corrected chi connectivity index (χ4v) is 9.70. The summed E-state index contributed by atoms with van der Waals surface area (Å²) in [6, 6.07) is 6.20. The molecule has 6 atom stereocenters. The molecule has 3 amide bonds. The van der Waals surface area contributed by atoms with Gasteiger partial charge < -0.3 is 19.8 Å². The molecule has 42 heavy (non-hydrogen) atoms. The van der Waals surface area contributed by atoms with Crippen LogP contribution in [-0.4, -0.2) is 100 Å². The van der Waals surface area contributed by atoms with Crippen molar-refractivity contribution >= 4 is 40.5 Å². The molecule has 1 aromatic carbocycles. The zero-order valence-corrected chi connectivity index (χ0v) is 25.5. The summed E-state index contributed by atoms with van der Waals surface area (Å²) in [5, 5.41) is 19.2. The number of para-hydroxylation sites is 1. The molecule has 11 heteroatoms. The van der Waals surface area contributed by atoms with Crippen molar-refractivity contribution in [1.82, 2.24) is 29.7 Å². The molecule has 5 heterocycles. The van der Waals surface area contributed by atoms with Gasteiger partial charge in [-0.3, -0.25) is 14.4 Å². The molecule has 0 bridgehead atoms. The summed E-state index contributed by atoms with van der Waals surface area (Å²) in [5.74, 6) is -1.59. The molecule has 1 N–H and O–H groups in total. The lowest BCUT2D eigenvalue weighted by Gasteiger charge is -2.40. The Hall–Kier alpha value is -3.18. The summed E-state index contributed by atoms with van der Waals surface area (Å²) in [6.07, 6.45) is 9.48. The number of fused-ring (bicyclic) bond motifs is 3. The Balaban J connectivity index is 1.45. The Kier molecular flexibility index (Phi) is 7.45. The minimum absolute atomic E-state index is 0.0341. The monoisotopic (exact) mass is 592 g/mol. The summed E-state index contributed by atoms with van der Waals surface area (Å²) in [4.78, 5) is 48.8. The molecule has 0 aliphatic carbocycles. The van der Waals surface area contributed by atoms with Gasteiger partial charge in [-0.25, -0.2) is 4.68 Å². The molecule has 4 aliphatic rings. The number of hydrogen-bond donors (Lipinski definition) is 1.